The molecule has 26 heavy (non-hydrogen) atoms. The van der Waals surface area contributed by atoms with Crippen LogP contribution in [0.2, 0.25) is 10.0 Å². The maximum absolute atomic E-state index is 13.0. The van der Waals surface area contributed by atoms with Crippen molar-refractivity contribution in [3.63, 3.8) is 0 Å². The van der Waals surface area contributed by atoms with Gasteiger partial charge in [-0.15, -0.1) is 0 Å². The van der Waals surface area contributed by atoms with Crippen LogP contribution in [-0.2, 0) is 6.18 Å². The van der Waals surface area contributed by atoms with Gasteiger partial charge in [0, 0.05) is 6.07 Å². The first-order chi connectivity index (χ1) is 11.9. The molecule has 0 heterocycles. The topological polar surface area (TPSA) is 98.3 Å². The standard InChI is InChI=1S/C14H8Cl2F3N3O4/c1-6-2-3-9(8(15)4-6)20-12-10(21(23)24)5-7(14(17,18)19)11(16)13(12)22(25)26/h2-5,20H,1H3. The molecular weight excluding hydrogens is 402 g/mol. The third-order valence-corrected chi connectivity index (χ3v) is 3.98. The number of alkyl halides is 3. The summed E-state index contributed by atoms with van der Waals surface area (Å²) in [6.45, 7) is 1.70. The Morgan fingerprint density at radius 1 is 1.08 bits per heavy atom. The van der Waals surface area contributed by atoms with E-state index in [1.165, 1.54) is 12.1 Å². The Kier molecular flexibility index (Phi) is 5.28. The highest BCUT2D eigenvalue weighted by Crippen LogP contribution is 2.48. The van der Waals surface area contributed by atoms with Gasteiger partial charge < -0.3 is 5.32 Å². The summed E-state index contributed by atoms with van der Waals surface area (Å²) in [6.07, 6.45) is -5.12. The number of hydrogen-bond acceptors (Lipinski definition) is 5. The van der Waals surface area contributed by atoms with E-state index in [-0.39, 0.29) is 16.8 Å². The summed E-state index contributed by atoms with van der Waals surface area (Å²) in [4.78, 5) is 20.1. The van der Waals surface area contributed by atoms with E-state index in [9.17, 15) is 33.4 Å². The van der Waals surface area contributed by atoms with Gasteiger partial charge in [0.15, 0.2) is 5.69 Å². The molecule has 0 saturated heterocycles. The largest absolute Gasteiger partial charge is 0.418 e. The lowest BCUT2D eigenvalue weighted by molar-refractivity contribution is -0.392. The summed E-state index contributed by atoms with van der Waals surface area (Å²) < 4.78 is 39.1. The van der Waals surface area contributed by atoms with Crippen LogP contribution in [0.5, 0.6) is 0 Å². The molecule has 12 heteroatoms. The van der Waals surface area contributed by atoms with Crippen LogP contribution >= 0.6 is 23.2 Å². The first-order valence-electron chi connectivity index (χ1n) is 6.69. The van der Waals surface area contributed by atoms with E-state index in [0.717, 1.165) is 5.56 Å². The second-order valence-electron chi connectivity index (χ2n) is 5.10. The Bertz CT molecular complexity index is 919. The number of hydrogen-bond donors (Lipinski definition) is 1. The van der Waals surface area contributed by atoms with Crippen molar-refractivity contribution < 1.29 is 23.0 Å². The molecule has 138 valence electrons. The van der Waals surface area contributed by atoms with Crippen LogP contribution in [0.15, 0.2) is 24.3 Å². The molecule has 0 radical (unpaired) electrons. The molecule has 2 aromatic rings. The minimum absolute atomic E-state index is 0.0271. The average molecular weight is 410 g/mol. The average Bonchev–Trinajstić information content (AvgIpc) is 2.48. The Labute approximate surface area is 153 Å². The summed E-state index contributed by atoms with van der Waals surface area (Å²) in [5.41, 5.74) is -4.16. The number of anilines is 2. The lowest BCUT2D eigenvalue weighted by Crippen LogP contribution is -2.11. The van der Waals surface area contributed by atoms with Gasteiger partial charge in [-0.05, 0) is 24.6 Å². The molecule has 7 nitrogen and oxygen atoms in total. The van der Waals surface area contributed by atoms with Crippen LogP contribution in [0, 0.1) is 27.2 Å². The van der Waals surface area contributed by atoms with Crippen molar-refractivity contribution in [2.24, 2.45) is 0 Å². The van der Waals surface area contributed by atoms with Crippen LogP contribution < -0.4 is 5.32 Å². The molecule has 0 saturated carbocycles. The van der Waals surface area contributed by atoms with E-state index in [1.54, 1.807) is 13.0 Å². The number of nitro benzene ring substituents is 2. The Morgan fingerprint density at radius 3 is 2.15 bits per heavy atom. The summed E-state index contributed by atoms with van der Waals surface area (Å²) in [6, 6.07) is 4.53. The molecule has 0 fully saturated rings. The molecule has 0 amide bonds. The van der Waals surface area contributed by atoms with Crippen molar-refractivity contribution in [1.29, 1.82) is 0 Å². The van der Waals surface area contributed by atoms with Gasteiger partial charge >= 0.3 is 17.6 Å². The molecule has 2 rings (SSSR count). The lowest BCUT2D eigenvalue weighted by atomic mass is 10.1. The van der Waals surface area contributed by atoms with Crippen molar-refractivity contribution in [3.8, 4) is 0 Å². The fourth-order valence-corrected chi connectivity index (χ4v) is 2.74. The lowest BCUT2D eigenvalue weighted by Gasteiger charge is -2.14. The summed E-state index contributed by atoms with van der Waals surface area (Å²) >= 11 is 11.5. The summed E-state index contributed by atoms with van der Waals surface area (Å²) in [5.74, 6) is 0. The van der Waals surface area contributed by atoms with Gasteiger partial charge in [0.05, 0.1) is 26.1 Å². The van der Waals surface area contributed by atoms with Crippen molar-refractivity contribution >= 4 is 46.0 Å². The molecule has 0 aromatic heterocycles. The highest BCUT2D eigenvalue weighted by molar-refractivity contribution is 6.35. The predicted octanol–water partition coefficient (Wildman–Crippen LogP) is 5.88. The third-order valence-electron chi connectivity index (χ3n) is 3.29. The van der Waals surface area contributed by atoms with Crippen molar-refractivity contribution in [3.05, 3.63) is 65.7 Å². The van der Waals surface area contributed by atoms with Crippen LogP contribution in [-0.4, -0.2) is 9.85 Å². The molecule has 1 N–H and O–H groups in total. The van der Waals surface area contributed by atoms with Gasteiger partial charge in [0.2, 0.25) is 0 Å². The van der Waals surface area contributed by atoms with E-state index in [2.05, 4.69) is 5.32 Å². The van der Waals surface area contributed by atoms with Crippen LogP contribution in [0.3, 0.4) is 0 Å². The minimum Gasteiger partial charge on any atom is -0.343 e. The maximum Gasteiger partial charge on any atom is 0.418 e. The first-order valence-corrected chi connectivity index (χ1v) is 7.44. The molecule has 0 spiro atoms. The predicted molar refractivity (Wildman–Crippen MR) is 89.2 cm³/mol. The molecular formula is C14H8Cl2F3N3O4. The number of rotatable bonds is 4. The number of nitrogens with zero attached hydrogens (tertiary/aromatic N) is 2. The maximum atomic E-state index is 13.0. The van der Waals surface area contributed by atoms with Gasteiger partial charge in [-0.2, -0.15) is 13.2 Å². The van der Waals surface area contributed by atoms with Gasteiger partial charge in [-0.1, -0.05) is 29.3 Å². The quantitative estimate of drug-likeness (QED) is 0.501. The second kappa shape index (κ2) is 6.96. The normalized spacial score (nSPS) is 11.3. The van der Waals surface area contributed by atoms with E-state index in [1.807, 2.05) is 0 Å². The van der Waals surface area contributed by atoms with Crippen molar-refractivity contribution in [1.82, 2.24) is 0 Å². The monoisotopic (exact) mass is 409 g/mol. The molecule has 0 unspecified atom stereocenters. The van der Waals surface area contributed by atoms with Gasteiger partial charge in [-0.25, -0.2) is 0 Å². The van der Waals surface area contributed by atoms with Gasteiger partial charge in [0.1, 0.15) is 5.02 Å². The van der Waals surface area contributed by atoms with E-state index < -0.39 is 43.7 Å². The SMILES string of the molecule is Cc1ccc(Nc2c([N+](=O)[O-])cc(C(F)(F)F)c(Cl)c2[N+](=O)[O-])c(Cl)c1. The fourth-order valence-electron chi connectivity index (χ4n) is 2.13. The number of nitrogens with one attached hydrogen (secondary N) is 1. The van der Waals surface area contributed by atoms with Crippen molar-refractivity contribution in [2.75, 3.05) is 5.32 Å². The fraction of sp³-hybridized carbons (Fsp3) is 0.143. The van der Waals surface area contributed by atoms with Crippen LogP contribution in [0.1, 0.15) is 11.1 Å². The van der Waals surface area contributed by atoms with E-state index in [4.69, 9.17) is 23.2 Å². The second-order valence-corrected chi connectivity index (χ2v) is 5.89. The van der Waals surface area contributed by atoms with Crippen LogP contribution in [0.25, 0.3) is 0 Å². The highest BCUT2D eigenvalue weighted by Gasteiger charge is 2.42. The van der Waals surface area contributed by atoms with E-state index in [0.29, 0.717) is 0 Å². The highest BCUT2D eigenvalue weighted by atomic mass is 35.5. The van der Waals surface area contributed by atoms with Gasteiger partial charge in [0.25, 0.3) is 0 Å². The Morgan fingerprint density at radius 2 is 1.69 bits per heavy atom. The molecule has 2 aromatic carbocycles. The van der Waals surface area contributed by atoms with Crippen LogP contribution in [0.4, 0.5) is 35.9 Å². The zero-order valence-electron chi connectivity index (χ0n) is 12.7. The van der Waals surface area contributed by atoms with Gasteiger partial charge in [-0.3, -0.25) is 20.2 Å². The molecule has 0 bridgehead atoms. The number of nitro groups is 2. The smallest absolute Gasteiger partial charge is 0.343 e. The molecule has 0 aliphatic rings. The van der Waals surface area contributed by atoms with Crippen molar-refractivity contribution in [2.45, 2.75) is 13.1 Å². The molecule has 0 aliphatic heterocycles. The number of aryl methyl sites for hydroxylation is 1. The zero-order valence-corrected chi connectivity index (χ0v) is 14.2. The number of benzene rings is 2. The Hall–Kier alpha value is -2.59. The summed E-state index contributed by atoms with van der Waals surface area (Å²) in [7, 11) is 0. The van der Waals surface area contributed by atoms with E-state index >= 15 is 0 Å². The third kappa shape index (κ3) is 3.81. The first kappa shape index (κ1) is 19.7. The zero-order chi connectivity index (χ0) is 19.8. The minimum atomic E-state index is -5.12. The number of halogens is 5. The Balaban J connectivity index is 2.80. The molecule has 0 aliphatic carbocycles. The molecule has 0 atom stereocenters. The summed E-state index contributed by atoms with van der Waals surface area (Å²) in [5, 5.41) is 23.6.